The zero-order valence-corrected chi connectivity index (χ0v) is 16.3. The van der Waals surface area contributed by atoms with Crippen molar-refractivity contribution in [2.24, 2.45) is 13.0 Å². The summed E-state index contributed by atoms with van der Waals surface area (Å²) in [6.07, 6.45) is 5.42. The smallest absolute Gasteiger partial charge is 0.247 e. The highest BCUT2D eigenvalue weighted by Crippen LogP contribution is 2.36. The van der Waals surface area contributed by atoms with Crippen LogP contribution in [0.2, 0.25) is 0 Å². The molecule has 27 heavy (non-hydrogen) atoms. The number of anilines is 1. The molecule has 0 bridgehead atoms. The average Bonchev–Trinajstić information content (AvgIpc) is 3.37. The van der Waals surface area contributed by atoms with E-state index in [1.807, 2.05) is 56.1 Å². The molecule has 6 nitrogen and oxygen atoms in total. The highest BCUT2D eigenvalue weighted by molar-refractivity contribution is 5.95. The fourth-order valence-electron chi connectivity index (χ4n) is 3.80. The Hall–Kier alpha value is -2.34. The first kappa shape index (κ1) is 18.0. The fraction of sp³-hybridized carbons (Fsp3) is 0.524. The lowest BCUT2D eigenvalue weighted by Crippen LogP contribution is -2.43. The maximum Gasteiger partial charge on any atom is 0.247 e. The van der Waals surface area contributed by atoms with Gasteiger partial charge in [-0.15, -0.1) is 0 Å². The predicted octanol–water partition coefficient (Wildman–Crippen LogP) is 3.16. The van der Waals surface area contributed by atoms with Gasteiger partial charge in [-0.3, -0.25) is 9.69 Å². The number of benzene rings is 1. The summed E-state index contributed by atoms with van der Waals surface area (Å²) < 4.78 is 7.68. The Labute approximate surface area is 160 Å². The van der Waals surface area contributed by atoms with Crippen molar-refractivity contribution in [2.45, 2.75) is 45.3 Å². The molecule has 0 saturated heterocycles. The Morgan fingerprint density at radius 3 is 2.70 bits per heavy atom. The SMILES string of the molecule is CC(C)Oc1ccc(NC(=O)[C@@H]2c3c(ncn3C)CCN2CC2CC2)cc1. The third-order valence-corrected chi connectivity index (χ3v) is 5.25. The fourth-order valence-corrected chi connectivity index (χ4v) is 3.80. The quantitative estimate of drug-likeness (QED) is 0.851. The van der Waals surface area contributed by atoms with Crippen LogP contribution in [0.1, 0.15) is 44.1 Å². The molecule has 2 aromatic rings. The van der Waals surface area contributed by atoms with Crippen LogP contribution in [0.3, 0.4) is 0 Å². The Morgan fingerprint density at radius 1 is 1.30 bits per heavy atom. The van der Waals surface area contributed by atoms with Gasteiger partial charge < -0.3 is 14.6 Å². The molecule has 2 aliphatic rings. The second-order valence-electron chi connectivity index (χ2n) is 7.96. The van der Waals surface area contributed by atoms with Crippen LogP contribution in [0.15, 0.2) is 30.6 Å². The van der Waals surface area contributed by atoms with Crippen molar-refractivity contribution in [3.8, 4) is 5.75 Å². The summed E-state index contributed by atoms with van der Waals surface area (Å²) in [5.41, 5.74) is 2.86. The van der Waals surface area contributed by atoms with Crippen molar-refractivity contribution in [1.29, 1.82) is 0 Å². The zero-order chi connectivity index (χ0) is 19.0. The zero-order valence-electron chi connectivity index (χ0n) is 16.3. The number of nitrogens with zero attached hydrogens (tertiary/aromatic N) is 3. The van der Waals surface area contributed by atoms with Crippen LogP contribution in [0.25, 0.3) is 0 Å². The summed E-state index contributed by atoms with van der Waals surface area (Å²) in [5.74, 6) is 1.56. The number of amides is 1. The number of aryl methyl sites for hydroxylation is 1. The second-order valence-corrected chi connectivity index (χ2v) is 7.96. The number of hydrogen-bond acceptors (Lipinski definition) is 4. The molecule has 1 aliphatic heterocycles. The summed E-state index contributed by atoms with van der Waals surface area (Å²) in [6, 6.07) is 7.30. The Kier molecular flexibility index (Phi) is 4.91. The third-order valence-electron chi connectivity index (χ3n) is 5.25. The molecule has 1 aliphatic carbocycles. The topological polar surface area (TPSA) is 59.4 Å². The predicted molar refractivity (Wildman–Crippen MR) is 105 cm³/mol. The molecule has 144 valence electrons. The molecule has 0 radical (unpaired) electrons. The first-order valence-corrected chi connectivity index (χ1v) is 9.83. The van der Waals surface area contributed by atoms with Crippen LogP contribution >= 0.6 is 0 Å². The van der Waals surface area contributed by atoms with E-state index in [0.717, 1.165) is 48.3 Å². The van der Waals surface area contributed by atoms with Crippen LogP contribution in [0.5, 0.6) is 5.75 Å². The lowest BCUT2D eigenvalue weighted by atomic mass is 10.0. The van der Waals surface area contributed by atoms with Gasteiger partial charge in [0.05, 0.1) is 23.8 Å². The van der Waals surface area contributed by atoms with Gasteiger partial charge in [-0.25, -0.2) is 4.98 Å². The largest absolute Gasteiger partial charge is 0.491 e. The van der Waals surface area contributed by atoms with E-state index in [1.54, 1.807) is 0 Å². The van der Waals surface area contributed by atoms with Crippen molar-refractivity contribution >= 4 is 11.6 Å². The van der Waals surface area contributed by atoms with Crippen LogP contribution in [0, 0.1) is 5.92 Å². The Bertz CT molecular complexity index is 808. The van der Waals surface area contributed by atoms with Crippen molar-refractivity contribution in [3.63, 3.8) is 0 Å². The van der Waals surface area contributed by atoms with Gasteiger partial charge in [0.1, 0.15) is 11.8 Å². The number of hydrogen-bond donors (Lipinski definition) is 1. The van der Waals surface area contributed by atoms with E-state index in [-0.39, 0.29) is 18.1 Å². The molecule has 6 heteroatoms. The monoisotopic (exact) mass is 368 g/mol. The lowest BCUT2D eigenvalue weighted by Gasteiger charge is -2.35. The van der Waals surface area contributed by atoms with Gasteiger partial charge in [0.15, 0.2) is 0 Å². The van der Waals surface area contributed by atoms with Crippen molar-refractivity contribution in [3.05, 3.63) is 42.0 Å². The molecule has 1 aromatic heterocycles. The van der Waals surface area contributed by atoms with Gasteiger partial charge in [0.2, 0.25) is 5.91 Å². The van der Waals surface area contributed by atoms with E-state index in [4.69, 9.17) is 4.74 Å². The number of fused-ring (bicyclic) bond motifs is 1. The van der Waals surface area contributed by atoms with Gasteiger partial charge >= 0.3 is 0 Å². The molecule has 1 saturated carbocycles. The number of rotatable bonds is 6. The van der Waals surface area contributed by atoms with Crippen LogP contribution in [-0.2, 0) is 18.3 Å². The molecule has 1 amide bonds. The molecule has 1 aromatic carbocycles. The molecule has 1 atom stereocenters. The van der Waals surface area contributed by atoms with Gasteiger partial charge in [0.25, 0.3) is 0 Å². The number of aromatic nitrogens is 2. The minimum absolute atomic E-state index is 0.0118. The summed E-state index contributed by atoms with van der Waals surface area (Å²) >= 11 is 0. The van der Waals surface area contributed by atoms with Crippen LogP contribution in [-0.4, -0.2) is 39.6 Å². The van der Waals surface area contributed by atoms with E-state index in [2.05, 4.69) is 15.2 Å². The normalized spacial score (nSPS) is 19.8. The molecule has 2 heterocycles. The van der Waals surface area contributed by atoms with Crippen molar-refractivity contribution in [1.82, 2.24) is 14.5 Å². The third kappa shape index (κ3) is 4.00. The summed E-state index contributed by atoms with van der Waals surface area (Å²) in [4.78, 5) is 20.1. The number of carbonyl (C=O) groups is 1. The van der Waals surface area contributed by atoms with Gasteiger partial charge in [-0.2, -0.15) is 0 Å². The van der Waals surface area contributed by atoms with Crippen molar-refractivity contribution < 1.29 is 9.53 Å². The number of nitrogens with one attached hydrogen (secondary N) is 1. The first-order chi connectivity index (χ1) is 13.0. The highest BCUT2D eigenvalue weighted by atomic mass is 16.5. The molecule has 4 rings (SSSR count). The Morgan fingerprint density at radius 2 is 2.04 bits per heavy atom. The molecule has 0 unspecified atom stereocenters. The van der Waals surface area contributed by atoms with E-state index < -0.39 is 0 Å². The number of imidazole rings is 1. The van der Waals surface area contributed by atoms with Gasteiger partial charge in [0, 0.05) is 32.2 Å². The summed E-state index contributed by atoms with van der Waals surface area (Å²) in [7, 11) is 1.98. The standard InChI is InChI=1S/C21H28N4O2/c1-14(2)27-17-8-6-16(7-9-17)23-21(26)20-19-18(22-13-24(19)3)10-11-25(20)12-15-4-5-15/h6-9,13-15,20H,4-5,10-12H2,1-3H3,(H,23,26)/t20-/m0/s1. The molecular weight excluding hydrogens is 340 g/mol. The minimum atomic E-state index is -0.284. The average molecular weight is 368 g/mol. The second kappa shape index (κ2) is 7.35. The maximum absolute atomic E-state index is 13.2. The van der Waals surface area contributed by atoms with Crippen LogP contribution < -0.4 is 10.1 Å². The van der Waals surface area contributed by atoms with Gasteiger partial charge in [-0.1, -0.05) is 0 Å². The molecule has 1 fully saturated rings. The number of ether oxygens (including phenoxy) is 1. The maximum atomic E-state index is 13.2. The molecular formula is C21H28N4O2. The lowest BCUT2D eigenvalue weighted by molar-refractivity contribution is -0.122. The van der Waals surface area contributed by atoms with E-state index in [1.165, 1.54) is 12.8 Å². The van der Waals surface area contributed by atoms with E-state index in [9.17, 15) is 4.79 Å². The highest BCUT2D eigenvalue weighted by Gasteiger charge is 2.38. The van der Waals surface area contributed by atoms with Gasteiger partial charge in [-0.05, 0) is 56.9 Å². The van der Waals surface area contributed by atoms with E-state index >= 15 is 0 Å². The van der Waals surface area contributed by atoms with E-state index in [0.29, 0.717) is 0 Å². The summed E-state index contributed by atoms with van der Waals surface area (Å²) in [6.45, 7) is 5.88. The molecule has 0 spiro atoms. The number of carbonyl (C=O) groups excluding carboxylic acids is 1. The Balaban J connectivity index is 1.53. The van der Waals surface area contributed by atoms with Crippen molar-refractivity contribution in [2.75, 3.05) is 18.4 Å². The summed E-state index contributed by atoms with van der Waals surface area (Å²) in [5, 5.41) is 3.10. The first-order valence-electron chi connectivity index (χ1n) is 9.83. The van der Waals surface area contributed by atoms with Crippen LogP contribution in [0.4, 0.5) is 5.69 Å². The molecule has 1 N–H and O–H groups in total. The minimum Gasteiger partial charge on any atom is -0.491 e.